The van der Waals surface area contributed by atoms with Gasteiger partial charge in [-0.15, -0.1) is 22.7 Å². The van der Waals surface area contributed by atoms with E-state index in [1.165, 1.54) is 45.5 Å². The van der Waals surface area contributed by atoms with E-state index in [0.717, 1.165) is 15.3 Å². The Morgan fingerprint density at radius 1 is 1.17 bits per heavy atom. The Bertz CT molecular complexity index is 1380. The molecule has 0 bridgehead atoms. The molecule has 0 amide bonds. The smallest absolute Gasteiger partial charge is 0.263 e. The van der Waals surface area contributed by atoms with E-state index in [1.807, 2.05) is 24.4 Å². The average molecular weight is 423 g/mol. The van der Waals surface area contributed by atoms with Gasteiger partial charge >= 0.3 is 0 Å². The lowest BCUT2D eigenvalue weighted by Crippen LogP contribution is -2.21. The lowest BCUT2D eigenvalue weighted by Gasteiger charge is -2.03. The quantitative estimate of drug-likeness (QED) is 0.392. The third kappa shape index (κ3) is 3.30. The lowest BCUT2D eigenvalue weighted by molar-refractivity contribution is 0.570. The number of rotatable bonds is 4. The number of halogens is 1. The fourth-order valence-corrected chi connectivity index (χ4v) is 4.98. The van der Waals surface area contributed by atoms with Crippen molar-refractivity contribution in [2.45, 2.75) is 13.5 Å². The van der Waals surface area contributed by atoms with Gasteiger partial charge in [0, 0.05) is 26.3 Å². The van der Waals surface area contributed by atoms with Crippen LogP contribution in [0.3, 0.4) is 0 Å². The van der Waals surface area contributed by atoms with Gasteiger partial charge in [-0.1, -0.05) is 0 Å². The number of thiophene rings is 2. The van der Waals surface area contributed by atoms with Gasteiger partial charge in [-0.2, -0.15) is 0 Å². The summed E-state index contributed by atoms with van der Waals surface area (Å²) < 4.78 is 20.1. The molecule has 144 valence electrons. The second-order valence-electron chi connectivity index (χ2n) is 6.57. The summed E-state index contributed by atoms with van der Waals surface area (Å²) >= 11 is 3.12. The molecule has 0 atom stereocenters. The summed E-state index contributed by atoms with van der Waals surface area (Å²) in [6.07, 6.45) is 3.04. The van der Waals surface area contributed by atoms with Crippen LogP contribution in [0.25, 0.3) is 32.1 Å². The fraction of sp³-hybridized carbons (Fsp3) is 0.0952. The van der Waals surface area contributed by atoms with Crippen molar-refractivity contribution in [2.24, 2.45) is 0 Å². The van der Waals surface area contributed by atoms with Gasteiger partial charge in [0.1, 0.15) is 16.9 Å². The summed E-state index contributed by atoms with van der Waals surface area (Å²) in [7, 11) is 0. The topological polar surface area (TPSA) is 60.9 Å². The van der Waals surface area contributed by atoms with Gasteiger partial charge in [0.05, 0.1) is 24.0 Å². The first-order valence-electron chi connectivity index (χ1n) is 8.82. The van der Waals surface area contributed by atoms with E-state index in [0.29, 0.717) is 22.5 Å². The minimum atomic E-state index is -0.320. The molecule has 0 N–H and O–H groups in total. The van der Waals surface area contributed by atoms with Crippen molar-refractivity contribution in [3.05, 3.63) is 81.1 Å². The highest BCUT2D eigenvalue weighted by molar-refractivity contribution is 7.19. The molecule has 0 unspecified atom stereocenters. The highest BCUT2D eigenvalue weighted by Crippen LogP contribution is 2.35. The normalized spacial score (nSPS) is 11.4. The molecule has 0 saturated heterocycles. The Kier molecular flexibility index (Phi) is 4.37. The van der Waals surface area contributed by atoms with Gasteiger partial charge < -0.3 is 4.42 Å². The predicted molar refractivity (Wildman–Crippen MR) is 113 cm³/mol. The monoisotopic (exact) mass is 423 g/mol. The van der Waals surface area contributed by atoms with Gasteiger partial charge in [-0.3, -0.25) is 9.36 Å². The fourth-order valence-electron chi connectivity index (χ4n) is 3.12. The minimum absolute atomic E-state index is 0.108. The summed E-state index contributed by atoms with van der Waals surface area (Å²) in [5.41, 5.74) is 2.08. The van der Waals surface area contributed by atoms with Gasteiger partial charge in [0.25, 0.3) is 5.56 Å². The maximum Gasteiger partial charge on any atom is 0.263 e. The number of aromatic nitrogens is 3. The van der Waals surface area contributed by atoms with Crippen LogP contribution in [0.2, 0.25) is 0 Å². The number of fused-ring (bicyclic) bond motifs is 1. The number of hydrogen-bond donors (Lipinski definition) is 0. The first-order chi connectivity index (χ1) is 14.1. The molecule has 4 heterocycles. The standard InChI is InChI=1S/C21H14FN3O2S2/c1-12-2-7-17(29-12)16-10-28-20-18(16)21(26)25(11-23-20)8-15-9-27-19(24-15)13-3-5-14(22)6-4-13/h2-7,9-11H,8H2,1H3. The Morgan fingerprint density at radius 3 is 2.76 bits per heavy atom. The SMILES string of the molecule is Cc1ccc(-c2csc3ncn(Cc4coc(-c5ccc(F)cc5)n4)c(=O)c23)s1. The predicted octanol–water partition coefficient (Wildman–Crippen LogP) is 5.34. The van der Waals surface area contributed by atoms with Gasteiger partial charge in [-0.05, 0) is 43.3 Å². The van der Waals surface area contributed by atoms with Gasteiger partial charge in [-0.25, -0.2) is 14.4 Å². The maximum absolute atomic E-state index is 13.1. The molecule has 29 heavy (non-hydrogen) atoms. The molecule has 5 rings (SSSR count). The highest BCUT2D eigenvalue weighted by Gasteiger charge is 2.15. The molecule has 5 aromatic rings. The molecule has 8 heteroatoms. The Balaban J connectivity index is 1.51. The van der Waals surface area contributed by atoms with Crippen LogP contribution in [-0.4, -0.2) is 14.5 Å². The van der Waals surface area contributed by atoms with Crippen LogP contribution in [0, 0.1) is 12.7 Å². The summed E-state index contributed by atoms with van der Waals surface area (Å²) in [5.74, 6) is 0.0614. The van der Waals surface area contributed by atoms with Crippen LogP contribution in [0.5, 0.6) is 0 Å². The molecule has 4 aromatic heterocycles. The van der Waals surface area contributed by atoms with Crippen molar-refractivity contribution in [2.75, 3.05) is 0 Å². The van der Waals surface area contributed by atoms with Crippen LogP contribution < -0.4 is 5.56 Å². The van der Waals surface area contributed by atoms with Crippen molar-refractivity contribution >= 4 is 32.9 Å². The average Bonchev–Trinajstić information content (AvgIpc) is 3.44. The molecule has 0 aliphatic carbocycles. The number of oxazole rings is 1. The van der Waals surface area contributed by atoms with Crippen LogP contribution in [-0.2, 0) is 6.54 Å². The highest BCUT2D eigenvalue weighted by atomic mass is 32.1. The zero-order chi connectivity index (χ0) is 20.0. The van der Waals surface area contributed by atoms with E-state index in [1.54, 1.807) is 23.5 Å². The summed E-state index contributed by atoms with van der Waals surface area (Å²) in [4.78, 5) is 25.0. The van der Waals surface area contributed by atoms with Crippen LogP contribution in [0.4, 0.5) is 4.39 Å². The summed E-state index contributed by atoms with van der Waals surface area (Å²) in [5, 5.41) is 2.61. The van der Waals surface area contributed by atoms with E-state index in [-0.39, 0.29) is 17.9 Å². The van der Waals surface area contributed by atoms with Gasteiger partial charge in [0.15, 0.2) is 0 Å². The lowest BCUT2D eigenvalue weighted by atomic mass is 10.2. The second-order valence-corrected chi connectivity index (χ2v) is 8.71. The number of benzene rings is 1. The van der Waals surface area contributed by atoms with Crippen LogP contribution in [0.1, 0.15) is 10.6 Å². The number of aryl methyl sites for hydroxylation is 1. The Labute approximate surface area is 172 Å². The molecular weight excluding hydrogens is 409 g/mol. The largest absolute Gasteiger partial charge is 0.444 e. The zero-order valence-corrected chi connectivity index (χ0v) is 16.9. The molecule has 0 saturated carbocycles. The van der Waals surface area contributed by atoms with Crippen LogP contribution in [0.15, 0.2) is 63.6 Å². The molecule has 0 aliphatic rings. The third-order valence-electron chi connectivity index (χ3n) is 4.54. The third-order valence-corrected chi connectivity index (χ3v) is 6.46. The maximum atomic E-state index is 13.1. The molecule has 0 spiro atoms. The first kappa shape index (κ1) is 18.0. The van der Waals surface area contributed by atoms with Gasteiger partial charge in [0.2, 0.25) is 5.89 Å². The summed E-state index contributed by atoms with van der Waals surface area (Å²) in [6, 6.07) is 9.99. The van der Waals surface area contributed by atoms with E-state index in [9.17, 15) is 9.18 Å². The second kappa shape index (κ2) is 7.06. The molecule has 0 radical (unpaired) electrons. The molecule has 0 fully saturated rings. The Morgan fingerprint density at radius 2 is 2.00 bits per heavy atom. The van der Waals surface area contributed by atoms with Crippen molar-refractivity contribution in [1.29, 1.82) is 0 Å². The van der Waals surface area contributed by atoms with E-state index in [2.05, 4.69) is 9.97 Å². The number of nitrogens with zero attached hydrogens (tertiary/aromatic N) is 3. The Hall–Kier alpha value is -3.10. The molecule has 5 nitrogen and oxygen atoms in total. The molecular formula is C21H14FN3O2S2. The van der Waals surface area contributed by atoms with Crippen molar-refractivity contribution in [1.82, 2.24) is 14.5 Å². The van der Waals surface area contributed by atoms with E-state index >= 15 is 0 Å². The summed E-state index contributed by atoms with van der Waals surface area (Å²) in [6.45, 7) is 2.29. The van der Waals surface area contributed by atoms with Crippen molar-refractivity contribution < 1.29 is 8.81 Å². The molecule has 1 aromatic carbocycles. The number of hydrogen-bond acceptors (Lipinski definition) is 6. The minimum Gasteiger partial charge on any atom is -0.444 e. The van der Waals surface area contributed by atoms with E-state index in [4.69, 9.17) is 4.42 Å². The van der Waals surface area contributed by atoms with Crippen LogP contribution >= 0.6 is 22.7 Å². The van der Waals surface area contributed by atoms with Crippen molar-refractivity contribution in [3.8, 4) is 21.9 Å². The first-order valence-corrected chi connectivity index (χ1v) is 10.5. The van der Waals surface area contributed by atoms with E-state index < -0.39 is 0 Å². The van der Waals surface area contributed by atoms with Crippen molar-refractivity contribution in [3.63, 3.8) is 0 Å². The zero-order valence-electron chi connectivity index (χ0n) is 15.3. The molecule has 0 aliphatic heterocycles.